The van der Waals surface area contributed by atoms with Crippen LogP contribution in [0.15, 0.2) is 18.2 Å². The highest BCUT2D eigenvalue weighted by molar-refractivity contribution is 6.35. The van der Waals surface area contributed by atoms with Crippen molar-refractivity contribution < 1.29 is 30.0 Å². The van der Waals surface area contributed by atoms with E-state index >= 15 is 0 Å². The van der Waals surface area contributed by atoms with Gasteiger partial charge < -0.3 is 20.4 Å². The third-order valence-corrected chi connectivity index (χ3v) is 1.80. The van der Waals surface area contributed by atoms with Gasteiger partial charge in [-0.3, -0.25) is 9.59 Å². The molecule has 0 atom stereocenters. The lowest BCUT2D eigenvalue weighted by atomic mass is 10.2. The molecule has 108 valence electrons. The third-order valence-electron chi connectivity index (χ3n) is 1.24. The van der Waals surface area contributed by atoms with Crippen LogP contribution in [0.1, 0.15) is 25.7 Å². The summed E-state index contributed by atoms with van der Waals surface area (Å²) in [4.78, 5) is 18.0. The Hall–Kier alpha value is -1.34. The van der Waals surface area contributed by atoms with Crippen molar-refractivity contribution in [1.82, 2.24) is 0 Å². The van der Waals surface area contributed by atoms with Gasteiger partial charge in [-0.2, -0.15) is 0 Å². The highest BCUT2D eigenvalue weighted by atomic mass is 35.5. The van der Waals surface area contributed by atoms with Crippen LogP contribution in [0.3, 0.4) is 0 Å². The van der Waals surface area contributed by atoms with Crippen LogP contribution in [0.5, 0.6) is 0 Å². The Bertz CT molecular complexity index is 400. The van der Waals surface area contributed by atoms with Gasteiger partial charge in [-0.1, -0.05) is 29.3 Å². The Morgan fingerprint density at radius 2 is 1.42 bits per heavy atom. The molecule has 4 N–H and O–H groups in total. The van der Waals surface area contributed by atoms with Crippen LogP contribution in [0, 0.1) is 0 Å². The van der Waals surface area contributed by atoms with E-state index in [9.17, 15) is 0 Å². The van der Waals surface area contributed by atoms with Crippen molar-refractivity contribution in [3.05, 3.63) is 33.8 Å². The summed E-state index contributed by atoms with van der Waals surface area (Å²) in [5.41, 5.74) is 0.260. The second-order valence-electron chi connectivity index (χ2n) is 3.08. The van der Waals surface area contributed by atoms with E-state index in [0.29, 0.717) is 5.02 Å². The normalized spacial score (nSPS) is 8.79. The van der Waals surface area contributed by atoms with Gasteiger partial charge in [-0.05, 0) is 12.1 Å². The molecule has 0 unspecified atom stereocenters. The zero-order valence-corrected chi connectivity index (χ0v) is 11.7. The first-order valence-electron chi connectivity index (χ1n) is 4.78. The minimum absolute atomic E-state index is 0.257. The van der Waals surface area contributed by atoms with Crippen LogP contribution in [0.25, 0.3) is 0 Å². The number of rotatable bonds is 1. The van der Waals surface area contributed by atoms with E-state index < -0.39 is 18.2 Å². The predicted octanol–water partition coefficient (Wildman–Crippen LogP) is 2.16. The summed E-state index contributed by atoms with van der Waals surface area (Å²) in [7, 11) is 0. The number of carbonyl (C=O) groups is 2. The molecule has 0 spiro atoms. The number of halogens is 2. The highest BCUT2D eigenvalue weighted by Gasteiger charge is 2.06. The van der Waals surface area contributed by atoms with Gasteiger partial charge in [0, 0.05) is 24.4 Å². The Labute approximate surface area is 119 Å². The van der Waals surface area contributed by atoms with Crippen LogP contribution in [-0.2, 0) is 9.59 Å². The van der Waals surface area contributed by atoms with Gasteiger partial charge in [0.1, 0.15) is 0 Å². The lowest BCUT2D eigenvalue weighted by molar-refractivity contribution is -0.135. The molecule has 0 aliphatic carbocycles. The molecule has 1 aromatic carbocycles. The molecule has 0 bridgehead atoms. The van der Waals surface area contributed by atoms with E-state index in [2.05, 4.69) is 0 Å². The van der Waals surface area contributed by atoms with E-state index in [1.807, 2.05) is 0 Å². The third kappa shape index (κ3) is 14.6. The topological polar surface area (TPSA) is 115 Å². The number of hydrogen-bond acceptors (Lipinski definition) is 4. The van der Waals surface area contributed by atoms with Gasteiger partial charge >= 0.3 is 0 Å². The number of carboxylic acid groups (broad SMARTS) is 2. The summed E-state index contributed by atoms with van der Waals surface area (Å²) in [6.45, 7) is 2.17. The van der Waals surface area contributed by atoms with Crippen LogP contribution in [0.2, 0.25) is 10.0 Å². The average molecular weight is 313 g/mol. The maximum atomic E-state index is 9.00. The smallest absolute Gasteiger partial charge is 0.300 e. The summed E-state index contributed by atoms with van der Waals surface area (Å²) in [5.74, 6) is -1.67. The van der Waals surface area contributed by atoms with Gasteiger partial charge in [0.15, 0.2) is 6.29 Å². The molecule has 0 aromatic heterocycles. The molecule has 0 heterocycles. The standard InChI is InChI=1S/C7H6Cl2O2.2C2H4O2/c8-4-1-2-5(7(10)11)6(9)3-4;2*1-2(3)4/h1-3,7,10-11H;2*1H3,(H,3,4). The maximum Gasteiger partial charge on any atom is 0.300 e. The molecule has 0 saturated heterocycles. The first-order chi connectivity index (χ1) is 8.57. The summed E-state index contributed by atoms with van der Waals surface area (Å²) in [6.07, 6.45) is -1.54. The highest BCUT2D eigenvalue weighted by Crippen LogP contribution is 2.24. The van der Waals surface area contributed by atoms with Gasteiger partial charge in [-0.25, -0.2) is 0 Å². The molecule has 0 radical (unpaired) electrons. The molecule has 0 aliphatic heterocycles. The van der Waals surface area contributed by atoms with E-state index in [4.69, 9.17) is 53.2 Å². The molecular weight excluding hydrogens is 299 g/mol. The van der Waals surface area contributed by atoms with Crippen molar-refractivity contribution in [2.45, 2.75) is 20.1 Å². The van der Waals surface area contributed by atoms with Crippen LogP contribution in [0.4, 0.5) is 0 Å². The molecule has 19 heavy (non-hydrogen) atoms. The number of benzene rings is 1. The maximum absolute atomic E-state index is 9.00. The molecule has 1 rings (SSSR count). The predicted molar refractivity (Wildman–Crippen MR) is 70.3 cm³/mol. The monoisotopic (exact) mass is 312 g/mol. The molecule has 8 heteroatoms. The van der Waals surface area contributed by atoms with Crippen molar-refractivity contribution in [3.8, 4) is 0 Å². The molecular formula is C11H14Cl2O6. The number of hydrogen-bond donors (Lipinski definition) is 4. The zero-order chi connectivity index (χ0) is 15.6. The fourth-order valence-electron chi connectivity index (χ4n) is 0.711. The van der Waals surface area contributed by atoms with Crippen molar-refractivity contribution >= 4 is 35.1 Å². The SMILES string of the molecule is CC(=O)O.CC(=O)O.OC(O)c1ccc(Cl)cc1Cl. The summed E-state index contributed by atoms with van der Waals surface area (Å²) in [6, 6.07) is 4.47. The van der Waals surface area contributed by atoms with Gasteiger partial charge in [0.25, 0.3) is 11.9 Å². The molecule has 0 amide bonds. The number of aliphatic hydroxyl groups is 2. The van der Waals surface area contributed by atoms with E-state index in [1.54, 1.807) is 6.07 Å². The van der Waals surface area contributed by atoms with Crippen molar-refractivity contribution in [2.75, 3.05) is 0 Å². The molecule has 0 aliphatic rings. The summed E-state index contributed by atoms with van der Waals surface area (Å²) in [5, 5.41) is 33.0. The van der Waals surface area contributed by atoms with Gasteiger partial charge in [0.05, 0.1) is 5.02 Å². The summed E-state index contributed by atoms with van der Waals surface area (Å²) < 4.78 is 0. The van der Waals surface area contributed by atoms with Crippen molar-refractivity contribution in [2.24, 2.45) is 0 Å². The number of aliphatic hydroxyl groups excluding tert-OH is 1. The number of carboxylic acids is 2. The van der Waals surface area contributed by atoms with Gasteiger partial charge in [-0.15, -0.1) is 0 Å². The first kappa shape index (κ1) is 20.0. The van der Waals surface area contributed by atoms with E-state index in [1.165, 1.54) is 12.1 Å². The average Bonchev–Trinajstić information content (AvgIpc) is 2.14. The minimum atomic E-state index is -1.54. The Kier molecular flexibility index (Phi) is 11.1. The van der Waals surface area contributed by atoms with Gasteiger partial charge in [0.2, 0.25) is 0 Å². The lowest BCUT2D eigenvalue weighted by Crippen LogP contribution is -1.94. The summed E-state index contributed by atoms with van der Waals surface area (Å²) >= 11 is 11.2. The largest absolute Gasteiger partial charge is 0.481 e. The van der Waals surface area contributed by atoms with Crippen molar-refractivity contribution in [3.63, 3.8) is 0 Å². The quantitative estimate of drug-likeness (QED) is 0.591. The van der Waals surface area contributed by atoms with Crippen LogP contribution in [-0.4, -0.2) is 32.4 Å². The van der Waals surface area contributed by atoms with Crippen molar-refractivity contribution in [1.29, 1.82) is 0 Å². The fourth-order valence-corrected chi connectivity index (χ4v) is 1.22. The number of aliphatic carboxylic acids is 2. The second kappa shape index (κ2) is 10.6. The van der Waals surface area contributed by atoms with E-state index in [-0.39, 0.29) is 10.6 Å². The van der Waals surface area contributed by atoms with Crippen LogP contribution < -0.4 is 0 Å². The Balaban J connectivity index is 0. The molecule has 0 saturated carbocycles. The Morgan fingerprint density at radius 1 is 1.05 bits per heavy atom. The molecule has 6 nitrogen and oxygen atoms in total. The second-order valence-corrected chi connectivity index (χ2v) is 3.92. The lowest BCUT2D eigenvalue weighted by Gasteiger charge is -2.05. The van der Waals surface area contributed by atoms with Crippen LogP contribution >= 0.6 is 23.2 Å². The molecule has 1 aromatic rings. The first-order valence-corrected chi connectivity index (χ1v) is 5.53. The fraction of sp³-hybridized carbons (Fsp3) is 0.273. The molecule has 0 fully saturated rings. The minimum Gasteiger partial charge on any atom is -0.481 e. The zero-order valence-electron chi connectivity index (χ0n) is 10.2. The van der Waals surface area contributed by atoms with E-state index in [0.717, 1.165) is 13.8 Å². The Morgan fingerprint density at radius 3 is 1.68 bits per heavy atom.